The first-order valence-corrected chi connectivity index (χ1v) is 8.55. The van der Waals surface area contributed by atoms with Crippen molar-refractivity contribution in [3.63, 3.8) is 0 Å². The summed E-state index contributed by atoms with van der Waals surface area (Å²) in [5.41, 5.74) is 3.66. The van der Waals surface area contributed by atoms with Gasteiger partial charge in [-0.1, -0.05) is 36.4 Å². The number of carbonyl (C=O) groups excluding carboxylic acids is 1. The van der Waals surface area contributed by atoms with Crippen molar-refractivity contribution in [2.75, 3.05) is 20.1 Å². The van der Waals surface area contributed by atoms with Gasteiger partial charge < -0.3 is 10.2 Å². The third-order valence-corrected chi connectivity index (χ3v) is 4.79. The zero-order valence-electron chi connectivity index (χ0n) is 14.5. The van der Waals surface area contributed by atoms with Crippen LogP contribution in [0.1, 0.15) is 29.7 Å². The van der Waals surface area contributed by atoms with E-state index >= 15 is 0 Å². The Morgan fingerprint density at radius 3 is 2.58 bits per heavy atom. The lowest BCUT2D eigenvalue weighted by Crippen LogP contribution is -2.42. The molecule has 24 heavy (non-hydrogen) atoms. The maximum Gasteiger partial charge on any atom is 0.317 e. The number of nitrogens with zero attached hydrogens (tertiary/aromatic N) is 2. The summed E-state index contributed by atoms with van der Waals surface area (Å²) in [6.45, 7) is 3.38. The molecule has 1 aliphatic rings. The number of nitrogens with one attached hydrogen (secondary N) is 1. The Balaban J connectivity index is 1.48. The van der Waals surface area contributed by atoms with Crippen molar-refractivity contribution in [1.29, 1.82) is 0 Å². The third kappa shape index (κ3) is 3.94. The molecule has 4 nitrogen and oxygen atoms in total. The number of benzene rings is 1. The lowest BCUT2D eigenvalue weighted by Gasteiger charge is -2.24. The molecule has 1 aromatic heterocycles. The van der Waals surface area contributed by atoms with Crippen molar-refractivity contribution in [2.45, 2.75) is 31.6 Å². The van der Waals surface area contributed by atoms with Gasteiger partial charge in [0, 0.05) is 37.4 Å². The van der Waals surface area contributed by atoms with Crippen LogP contribution in [0, 0.1) is 6.92 Å². The number of carbonyl (C=O) groups is 1. The number of pyridine rings is 1. The van der Waals surface area contributed by atoms with Crippen LogP contribution in [0.4, 0.5) is 4.79 Å². The fraction of sp³-hybridized carbons (Fsp3) is 0.400. The van der Waals surface area contributed by atoms with Crippen molar-refractivity contribution in [2.24, 2.45) is 0 Å². The molecule has 0 unspecified atom stereocenters. The van der Waals surface area contributed by atoms with Gasteiger partial charge in [-0.05, 0) is 43.4 Å². The lowest BCUT2D eigenvalue weighted by atomic mass is 9.95. The first-order valence-electron chi connectivity index (χ1n) is 8.55. The van der Waals surface area contributed by atoms with Gasteiger partial charge >= 0.3 is 6.03 Å². The van der Waals surface area contributed by atoms with Crippen LogP contribution in [0.3, 0.4) is 0 Å². The first kappa shape index (κ1) is 16.5. The minimum absolute atomic E-state index is 0.00252. The van der Waals surface area contributed by atoms with Gasteiger partial charge in [0.05, 0.1) is 0 Å². The molecule has 0 saturated heterocycles. The van der Waals surface area contributed by atoms with Crippen molar-refractivity contribution < 1.29 is 4.79 Å². The molecule has 1 fully saturated rings. The van der Waals surface area contributed by atoms with Crippen LogP contribution < -0.4 is 5.32 Å². The van der Waals surface area contributed by atoms with Gasteiger partial charge in [-0.15, -0.1) is 0 Å². The number of rotatable bonds is 6. The van der Waals surface area contributed by atoms with Gasteiger partial charge in [0.1, 0.15) is 0 Å². The highest BCUT2D eigenvalue weighted by molar-refractivity contribution is 5.74. The number of aryl methyl sites for hydroxylation is 1. The van der Waals surface area contributed by atoms with Crippen molar-refractivity contribution in [3.05, 3.63) is 65.5 Å². The van der Waals surface area contributed by atoms with Gasteiger partial charge in [-0.3, -0.25) is 4.98 Å². The number of likely N-dealkylation sites (N-methyl/N-ethyl adjacent to an activating group) is 1. The van der Waals surface area contributed by atoms with Crippen LogP contribution in [0.15, 0.2) is 48.7 Å². The molecular weight excluding hydrogens is 298 g/mol. The minimum atomic E-state index is -0.00252. The van der Waals surface area contributed by atoms with Crippen LogP contribution in [-0.2, 0) is 11.8 Å². The van der Waals surface area contributed by atoms with E-state index in [0.29, 0.717) is 6.54 Å². The van der Waals surface area contributed by atoms with E-state index in [0.717, 1.165) is 37.1 Å². The fourth-order valence-electron chi connectivity index (χ4n) is 3.10. The summed E-state index contributed by atoms with van der Waals surface area (Å²) in [6, 6.07) is 14.6. The minimum Gasteiger partial charge on any atom is -0.338 e. The van der Waals surface area contributed by atoms with E-state index in [1.54, 1.807) is 0 Å². The molecule has 0 radical (unpaired) electrons. The zero-order chi connectivity index (χ0) is 17.0. The van der Waals surface area contributed by atoms with Crippen LogP contribution in [0.25, 0.3) is 0 Å². The average molecular weight is 323 g/mol. The van der Waals surface area contributed by atoms with E-state index in [4.69, 9.17) is 0 Å². The Morgan fingerprint density at radius 2 is 1.96 bits per heavy atom. The summed E-state index contributed by atoms with van der Waals surface area (Å²) in [7, 11) is 1.88. The summed E-state index contributed by atoms with van der Waals surface area (Å²) in [4.78, 5) is 18.4. The van der Waals surface area contributed by atoms with Crippen molar-refractivity contribution >= 4 is 6.03 Å². The van der Waals surface area contributed by atoms with E-state index in [9.17, 15) is 4.79 Å². The molecule has 0 aliphatic heterocycles. The molecule has 1 N–H and O–H groups in total. The molecule has 0 atom stereocenters. The molecule has 0 bridgehead atoms. The predicted octanol–water partition coefficient (Wildman–Crippen LogP) is 3.31. The molecule has 1 saturated carbocycles. The first-order chi connectivity index (χ1) is 11.6. The molecular formula is C20H25N3O. The maximum atomic E-state index is 12.3. The van der Waals surface area contributed by atoms with Gasteiger partial charge in [-0.25, -0.2) is 4.79 Å². The largest absolute Gasteiger partial charge is 0.338 e. The smallest absolute Gasteiger partial charge is 0.317 e. The molecule has 0 spiro atoms. The standard InChI is InChI=1S/C20H25N3O/c1-16-8-9-17(14-22-16)10-13-21-19(24)23(2)15-20(11-12-20)18-6-4-3-5-7-18/h3-9,14H,10-13,15H2,1-2H3,(H,21,24). The summed E-state index contributed by atoms with van der Waals surface area (Å²) < 4.78 is 0. The number of aromatic nitrogens is 1. The molecule has 1 aliphatic carbocycles. The molecule has 1 heterocycles. The fourth-order valence-corrected chi connectivity index (χ4v) is 3.10. The van der Waals surface area contributed by atoms with Crippen LogP contribution in [0.5, 0.6) is 0 Å². The third-order valence-electron chi connectivity index (χ3n) is 4.79. The Kier molecular flexibility index (Phi) is 4.84. The van der Waals surface area contributed by atoms with E-state index in [1.807, 2.05) is 37.2 Å². The molecule has 3 rings (SSSR count). The average Bonchev–Trinajstić information content (AvgIpc) is 3.38. The van der Waals surface area contributed by atoms with E-state index in [1.165, 1.54) is 5.56 Å². The summed E-state index contributed by atoms with van der Waals surface area (Å²) in [6.07, 6.45) is 4.99. The topological polar surface area (TPSA) is 45.2 Å². The second-order valence-corrected chi connectivity index (χ2v) is 6.79. The molecule has 4 heteroatoms. The van der Waals surface area contributed by atoms with Gasteiger partial charge in [0.15, 0.2) is 0 Å². The summed E-state index contributed by atoms with van der Waals surface area (Å²) in [5.74, 6) is 0. The molecule has 2 aromatic rings. The maximum absolute atomic E-state index is 12.3. The molecule has 1 aromatic carbocycles. The predicted molar refractivity (Wildman–Crippen MR) is 96.1 cm³/mol. The van der Waals surface area contributed by atoms with Crippen LogP contribution in [-0.4, -0.2) is 36.1 Å². The Labute approximate surface area is 143 Å². The normalized spacial score (nSPS) is 14.9. The molecule has 126 valence electrons. The summed E-state index contributed by atoms with van der Waals surface area (Å²) in [5, 5.41) is 3.01. The molecule has 2 amide bonds. The van der Waals surface area contributed by atoms with Gasteiger partial charge in [0.25, 0.3) is 0 Å². The number of hydrogen-bond donors (Lipinski definition) is 1. The van der Waals surface area contributed by atoms with Gasteiger partial charge in [0.2, 0.25) is 0 Å². The second kappa shape index (κ2) is 7.04. The Bertz CT molecular complexity index is 678. The quantitative estimate of drug-likeness (QED) is 0.886. The highest BCUT2D eigenvalue weighted by atomic mass is 16.2. The summed E-state index contributed by atoms with van der Waals surface area (Å²) >= 11 is 0. The Morgan fingerprint density at radius 1 is 1.21 bits per heavy atom. The SMILES string of the molecule is Cc1ccc(CCNC(=O)N(C)CC2(c3ccccc3)CC2)cn1. The highest BCUT2D eigenvalue weighted by Crippen LogP contribution is 2.48. The second-order valence-electron chi connectivity index (χ2n) is 6.79. The Hall–Kier alpha value is -2.36. The lowest BCUT2D eigenvalue weighted by molar-refractivity contribution is 0.204. The van der Waals surface area contributed by atoms with Gasteiger partial charge in [-0.2, -0.15) is 0 Å². The number of amides is 2. The highest BCUT2D eigenvalue weighted by Gasteiger charge is 2.45. The van der Waals surface area contributed by atoms with Crippen molar-refractivity contribution in [3.8, 4) is 0 Å². The zero-order valence-corrected chi connectivity index (χ0v) is 14.5. The van der Waals surface area contributed by atoms with E-state index < -0.39 is 0 Å². The monoisotopic (exact) mass is 323 g/mol. The van der Waals surface area contributed by atoms with Crippen molar-refractivity contribution in [1.82, 2.24) is 15.2 Å². The number of hydrogen-bond acceptors (Lipinski definition) is 2. The van der Waals surface area contributed by atoms with Crippen LogP contribution in [0.2, 0.25) is 0 Å². The van der Waals surface area contributed by atoms with E-state index in [-0.39, 0.29) is 11.4 Å². The van der Waals surface area contributed by atoms with Crippen LogP contribution >= 0.6 is 0 Å². The number of urea groups is 1. The van der Waals surface area contributed by atoms with E-state index in [2.05, 4.69) is 40.6 Å².